The summed E-state index contributed by atoms with van der Waals surface area (Å²) in [5.41, 5.74) is 0. The first-order chi connectivity index (χ1) is 30.7. The lowest BCUT2D eigenvalue weighted by atomic mass is 10.0. The molecular weight excluding hydrogens is 781 g/mol. The van der Waals surface area contributed by atoms with Crippen molar-refractivity contribution < 1.29 is 28.6 Å². The van der Waals surface area contributed by atoms with Gasteiger partial charge >= 0.3 is 17.9 Å². The first kappa shape index (κ1) is 61.4. The number of rotatable bonds is 51. The van der Waals surface area contributed by atoms with Gasteiger partial charge in [-0.1, -0.05) is 279 Å². The summed E-state index contributed by atoms with van der Waals surface area (Å²) in [4.78, 5) is 38.1. The van der Waals surface area contributed by atoms with Crippen LogP contribution >= 0.6 is 0 Å². The van der Waals surface area contributed by atoms with E-state index in [2.05, 4.69) is 34.6 Å². The average molecular weight is 892 g/mol. The number of hydrogen-bond acceptors (Lipinski definition) is 6. The summed E-state index contributed by atoms with van der Waals surface area (Å²) in [5.74, 6) is 0.831. The Labute approximate surface area is 393 Å². The largest absolute Gasteiger partial charge is 0.462 e. The molecule has 1 atom stereocenters. The fraction of sp³-hybridized carbons (Fsp3) is 0.947. The first-order valence-electron chi connectivity index (χ1n) is 28.2. The lowest BCUT2D eigenvalue weighted by molar-refractivity contribution is -0.167. The molecule has 0 aliphatic rings. The quantitative estimate of drug-likeness (QED) is 0.0344. The van der Waals surface area contributed by atoms with E-state index >= 15 is 0 Å². The normalized spacial score (nSPS) is 12.0. The maximum Gasteiger partial charge on any atom is 0.306 e. The van der Waals surface area contributed by atoms with E-state index in [1.807, 2.05) is 0 Å². The van der Waals surface area contributed by atoms with E-state index in [1.54, 1.807) is 0 Å². The minimum atomic E-state index is -0.762. The molecular formula is C57H110O6. The van der Waals surface area contributed by atoms with Gasteiger partial charge in [0.2, 0.25) is 0 Å². The Hall–Kier alpha value is -1.59. The number of esters is 3. The average Bonchev–Trinajstić information content (AvgIpc) is 3.25. The molecule has 0 aliphatic carbocycles. The Morgan fingerprint density at radius 2 is 0.524 bits per heavy atom. The number of unbranched alkanes of at least 4 members (excludes halogenated alkanes) is 36. The maximum atomic E-state index is 12.8. The monoisotopic (exact) mass is 891 g/mol. The van der Waals surface area contributed by atoms with Crippen molar-refractivity contribution in [2.45, 2.75) is 323 Å². The second-order valence-corrected chi connectivity index (χ2v) is 20.5. The molecule has 6 nitrogen and oxygen atoms in total. The smallest absolute Gasteiger partial charge is 0.306 e. The highest BCUT2D eigenvalue weighted by atomic mass is 16.6. The predicted octanol–water partition coefficient (Wildman–Crippen LogP) is 18.5. The molecule has 0 bridgehead atoms. The standard InChI is InChI=1S/C57H110O6/c1-6-7-8-9-10-11-12-13-17-23-29-34-39-44-49-57(60)63-54(51-62-56(59)48-43-38-33-28-24-19-21-26-31-36-41-46-53(4)5)50-61-55(58)47-42-37-32-27-22-18-15-14-16-20-25-30-35-40-45-52(2)3/h52-54H,6-51H2,1-5H3/t54-/m0/s1. The molecule has 0 spiro atoms. The van der Waals surface area contributed by atoms with Gasteiger partial charge in [0.05, 0.1) is 0 Å². The molecule has 374 valence electrons. The van der Waals surface area contributed by atoms with Crippen molar-refractivity contribution in [2.24, 2.45) is 11.8 Å². The zero-order valence-corrected chi connectivity index (χ0v) is 43.2. The maximum absolute atomic E-state index is 12.8. The van der Waals surface area contributed by atoms with Crippen molar-refractivity contribution in [3.63, 3.8) is 0 Å². The van der Waals surface area contributed by atoms with Gasteiger partial charge in [0, 0.05) is 19.3 Å². The summed E-state index contributed by atoms with van der Waals surface area (Å²) >= 11 is 0. The van der Waals surface area contributed by atoms with Crippen LogP contribution in [0.2, 0.25) is 0 Å². The van der Waals surface area contributed by atoms with Gasteiger partial charge in [-0.05, 0) is 31.1 Å². The number of carbonyl (C=O) groups excluding carboxylic acids is 3. The van der Waals surface area contributed by atoms with Gasteiger partial charge < -0.3 is 14.2 Å². The van der Waals surface area contributed by atoms with Gasteiger partial charge in [-0.3, -0.25) is 14.4 Å². The van der Waals surface area contributed by atoms with Crippen molar-refractivity contribution >= 4 is 17.9 Å². The van der Waals surface area contributed by atoms with Crippen molar-refractivity contribution in [1.82, 2.24) is 0 Å². The molecule has 0 aromatic rings. The predicted molar refractivity (Wildman–Crippen MR) is 270 cm³/mol. The Bertz CT molecular complexity index is 962. The molecule has 0 rings (SSSR count). The van der Waals surface area contributed by atoms with Gasteiger partial charge in [-0.15, -0.1) is 0 Å². The lowest BCUT2D eigenvalue weighted by Crippen LogP contribution is -2.30. The Morgan fingerprint density at radius 1 is 0.302 bits per heavy atom. The number of ether oxygens (including phenoxy) is 3. The van der Waals surface area contributed by atoms with Crippen molar-refractivity contribution in [3.05, 3.63) is 0 Å². The van der Waals surface area contributed by atoms with Crippen LogP contribution < -0.4 is 0 Å². The molecule has 0 aromatic heterocycles. The van der Waals surface area contributed by atoms with Crippen LogP contribution in [0, 0.1) is 11.8 Å². The minimum Gasteiger partial charge on any atom is -0.462 e. The summed E-state index contributed by atoms with van der Waals surface area (Å²) in [6.45, 7) is 11.4. The van der Waals surface area contributed by atoms with Crippen LogP contribution in [0.3, 0.4) is 0 Å². The Kier molecular flexibility index (Phi) is 48.6. The third-order valence-corrected chi connectivity index (χ3v) is 13.0. The second-order valence-electron chi connectivity index (χ2n) is 20.5. The van der Waals surface area contributed by atoms with Gasteiger partial charge in [0.1, 0.15) is 13.2 Å². The number of carbonyl (C=O) groups is 3. The third kappa shape index (κ3) is 51.3. The first-order valence-corrected chi connectivity index (χ1v) is 28.2. The van der Waals surface area contributed by atoms with E-state index in [9.17, 15) is 14.4 Å². The molecule has 0 aromatic carbocycles. The highest BCUT2D eigenvalue weighted by Crippen LogP contribution is 2.18. The van der Waals surface area contributed by atoms with Crippen molar-refractivity contribution in [1.29, 1.82) is 0 Å². The summed E-state index contributed by atoms with van der Waals surface area (Å²) in [5, 5.41) is 0. The zero-order chi connectivity index (χ0) is 46.1. The van der Waals surface area contributed by atoms with E-state index < -0.39 is 6.10 Å². The summed E-state index contributed by atoms with van der Waals surface area (Å²) in [6.07, 6.45) is 52.3. The zero-order valence-electron chi connectivity index (χ0n) is 43.2. The Morgan fingerprint density at radius 3 is 0.778 bits per heavy atom. The summed E-state index contributed by atoms with van der Waals surface area (Å²) < 4.78 is 16.9. The van der Waals surface area contributed by atoms with Crippen LogP contribution in [-0.2, 0) is 28.6 Å². The van der Waals surface area contributed by atoms with Crippen molar-refractivity contribution in [2.75, 3.05) is 13.2 Å². The van der Waals surface area contributed by atoms with E-state index in [0.717, 1.165) is 69.6 Å². The van der Waals surface area contributed by atoms with E-state index in [-0.39, 0.29) is 31.1 Å². The second kappa shape index (κ2) is 49.8. The topological polar surface area (TPSA) is 78.9 Å². The molecule has 0 amide bonds. The molecule has 0 radical (unpaired) electrons. The molecule has 0 N–H and O–H groups in total. The Balaban J connectivity index is 4.30. The van der Waals surface area contributed by atoms with Crippen LogP contribution in [0.5, 0.6) is 0 Å². The fourth-order valence-corrected chi connectivity index (χ4v) is 8.70. The minimum absolute atomic E-state index is 0.0628. The van der Waals surface area contributed by atoms with E-state index in [0.29, 0.717) is 19.3 Å². The van der Waals surface area contributed by atoms with Crippen LogP contribution in [0.15, 0.2) is 0 Å². The van der Waals surface area contributed by atoms with Gasteiger partial charge in [0.25, 0.3) is 0 Å². The molecule has 0 unspecified atom stereocenters. The highest BCUT2D eigenvalue weighted by Gasteiger charge is 2.19. The molecule has 0 heterocycles. The van der Waals surface area contributed by atoms with Gasteiger partial charge in [-0.25, -0.2) is 0 Å². The molecule has 0 saturated heterocycles. The highest BCUT2D eigenvalue weighted by molar-refractivity contribution is 5.71. The van der Waals surface area contributed by atoms with Crippen LogP contribution in [-0.4, -0.2) is 37.2 Å². The van der Waals surface area contributed by atoms with Crippen molar-refractivity contribution in [3.8, 4) is 0 Å². The SMILES string of the molecule is CCCCCCCCCCCCCCCCC(=O)O[C@@H](COC(=O)CCCCCCCCCCCCCCCCC(C)C)COC(=O)CCCCCCCCCCCCCC(C)C. The van der Waals surface area contributed by atoms with Gasteiger partial charge in [-0.2, -0.15) is 0 Å². The molecule has 6 heteroatoms. The van der Waals surface area contributed by atoms with Crippen LogP contribution in [0.4, 0.5) is 0 Å². The number of hydrogen-bond donors (Lipinski definition) is 0. The van der Waals surface area contributed by atoms with E-state index in [1.165, 1.54) is 205 Å². The molecule has 0 fully saturated rings. The molecule has 0 aliphatic heterocycles. The third-order valence-electron chi connectivity index (χ3n) is 13.0. The van der Waals surface area contributed by atoms with E-state index in [4.69, 9.17) is 14.2 Å². The van der Waals surface area contributed by atoms with Crippen LogP contribution in [0.1, 0.15) is 317 Å². The lowest BCUT2D eigenvalue weighted by Gasteiger charge is -2.18. The molecule has 0 saturated carbocycles. The summed E-state index contributed by atoms with van der Waals surface area (Å²) in [7, 11) is 0. The molecule has 63 heavy (non-hydrogen) atoms. The fourth-order valence-electron chi connectivity index (χ4n) is 8.70. The van der Waals surface area contributed by atoms with Gasteiger partial charge in [0.15, 0.2) is 6.10 Å². The summed E-state index contributed by atoms with van der Waals surface area (Å²) in [6, 6.07) is 0. The van der Waals surface area contributed by atoms with Crippen LogP contribution in [0.25, 0.3) is 0 Å².